The highest BCUT2D eigenvalue weighted by atomic mass is 32.2. The van der Waals surface area contributed by atoms with Crippen LogP contribution in [0.4, 0.5) is 0 Å². The monoisotopic (exact) mass is 327 g/mol. The summed E-state index contributed by atoms with van der Waals surface area (Å²) in [6.45, 7) is 0.339. The zero-order valence-corrected chi connectivity index (χ0v) is 12.6. The molecule has 9 heteroatoms. The lowest BCUT2D eigenvalue weighted by Gasteiger charge is -2.29. The zero-order chi connectivity index (χ0) is 15.0. The maximum atomic E-state index is 12.7. The molecule has 1 aliphatic rings. The molecule has 7 nitrogen and oxygen atoms in total. The molecule has 21 heavy (non-hydrogen) atoms. The van der Waals surface area contributed by atoms with Crippen molar-refractivity contribution in [2.45, 2.75) is 17.7 Å². The van der Waals surface area contributed by atoms with Gasteiger partial charge in [0, 0.05) is 13.1 Å². The topological polar surface area (TPSA) is 100 Å². The molecule has 2 aromatic rings. The van der Waals surface area contributed by atoms with Crippen LogP contribution in [0.25, 0.3) is 11.0 Å². The van der Waals surface area contributed by atoms with E-state index in [1.165, 1.54) is 10.4 Å². The molecule has 0 unspecified atom stereocenters. The van der Waals surface area contributed by atoms with Crippen LogP contribution in [0.5, 0.6) is 0 Å². The lowest BCUT2D eigenvalue weighted by molar-refractivity contribution is -0.142. The predicted octanol–water partition coefficient (Wildman–Crippen LogP) is 1.18. The second-order valence-electron chi connectivity index (χ2n) is 4.93. The van der Waals surface area contributed by atoms with Crippen molar-refractivity contribution in [1.29, 1.82) is 0 Å². The van der Waals surface area contributed by atoms with E-state index in [4.69, 9.17) is 5.11 Å². The van der Waals surface area contributed by atoms with Crippen molar-refractivity contribution in [3.8, 4) is 0 Å². The number of fused-ring (bicyclic) bond motifs is 1. The second kappa shape index (κ2) is 5.32. The molecule has 0 amide bonds. The summed E-state index contributed by atoms with van der Waals surface area (Å²) in [7, 11) is -3.75. The summed E-state index contributed by atoms with van der Waals surface area (Å²) in [6, 6.07) is 4.81. The fourth-order valence-electron chi connectivity index (χ4n) is 2.49. The zero-order valence-electron chi connectivity index (χ0n) is 11.0. The number of hydrogen-bond donors (Lipinski definition) is 1. The van der Waals surface area contributed by atoms with E-state index in [9.17, 15) is 13.2 Å². The minimum absolute atomic E-state index is 0.00558. The first-order valence-electron chi connectivity index (χ1n) is 6.44. The Bertz CT molecular complexity index is 787. The third-order valence-electron chi connectivity index (χ3n) is 3.60. The summed E-state index contributed by atoms with van der Waals surface area (Å²) in [5.41, 5.74) is 0.882. The Morgan fingerprint density at radius 1 is 1.38 bits per heavy atom. The van der Waals surface area contributed by atoms with Crippen molar-refractivity contribution in [3.63, 3.8) is 0 Å². The Kier molecular flexibility index (Phi) is 3.64. The summed E-state index contributed by atoms with van der Waals surface area (Å²) in [4.78, 5) is 11.2. The van der Waals surface area contributed by atoms with Gasteiger partial charge in [0.25, 0.3) is 0 Å². The molecule has 0 radical (unpaired) electrons. The molecule has 1 aromatic carbocycles. The molecular formula is C12H13N3O4S2. The number of rotatable bonds is 3. The van der Waals surface area contributed by atoms with Gasteiger partial charge in [0.05, 0.1) is 17.6 Å². The van der Waals surface area contributed by atoms with Crippen LogP contribution in [0.1, 0.15) is 12.8 Å². The SMILES string of the molecule is O=C(O)[C@@H]1CCCN(S(=O)(=O)c2cccc3nsnc23)C1. The molecule has 1 fully saturated rings. The van der Waals surface area contributed by atoms with Crippen LogP contribution in [0.3, 0.4) is 0 Å². The van der Waals surface area contributed by atoms with Gasteiger partial charge >= 0.3 is 5.97 Å². The van der Waals surface area contributed by atoms with E-state index in [2.05, 4.69) is 8.75 Å². The van der Waals surface area contributed by atoms with Gasteiger partial charge in [-0.15, -0.1) is 0 Å². The Labute approximate surface area is 125 Å². The number of aliphatic carboxylic acids is 1. The number of aromatic nitrogens is 2. The summed E-state index contributed by atoms with van der Waals surface area (Å²) < 4.78 is 34.8. The maximum Gasteiger partial charge on any atom is 0.307 e. The van der Waals surface area contributed by atoms with E-state index in [1.54, 1.807) is 12.1 Å². The molecule has 0 spiro atoms. The minimum Gasteiger partial charge on any atom is -0.481 e. The van der Waals surface area contributed by atoms with E-state index in [-0.39, 0.29) is 11.4 Å². The molecular weight excluding hydrogens is 314 g/mol. The van der Waals surface area contributed by atoms with Crippen LogP contribution in [-0.4, -0.2) is 45.6 Å². The number of nitrogens with zero attached hydrogens (tertiary/aromatic N) is 3. The van der Waals surface area contributed by atoms with Gasteiger partial charge in [-0.2, -0.15) is 13.1 Å². The van der Waals surface area contributed by atoms with Crippen molar-refractivity contribution < 1.29 is 18.3 Å². The smallest absolute Gasteiger partial charge is 0.307 e. The van der Waals surface area contributed by atoms with E-state index in [0.29, 0.717) is 30.4 Å². The number of carboxylic acids is 1. The fraction of sp³-hybridized carbons (Fsp3) is 0.417. The first-order chi connectivity index (χ1) is 10.00. The molecule has 1 atom stereocenters. The minimum atomic E-state index is -3.75. The average Bonchev–Trinajstić information content (AvgIpc) is 2.95. The predicted molar refractivity (Wildman–Crippen MR) is 76.5 cm³/mol. The first-order valence-corrected chi connectivity index (χ1v) is 8.61. The summed E-state index contributed by atoms with van der Waals surface area (Å²) in [6.07, 6.45) is 1.05. The molecule has 2 heterocycles. The summed E-state index contributed by atoms with van der Waals surface area (Å²) >= 11 is 0.958. The first kappa shape index (κ1) is 14.4. The van der Waals surface area contributed by atoms with Crippen molar-refractivity contribution in [2.24, 2.45) is 5.92 Å². The molecule has 1 saturated heterocycles. The highest BCUT2D eigenvalue weighted by Gasteiger charge is 2.34. The van der Waals surface area contributed by atoms with Crippen LogP contribution >= 0.6 is 11.7 Å². The number of benzene rings is 1. The van der Waals surface area contributed by atoms with Gasteiger partial charge in [-0.05, 0) is 25.0 Å². The molecule has 1 N–H and O–H groups in total. The van der Waals surface area contributed by atoms with E-state index in [1.807, 2.05) is 0 Å². The molecule has 1 aromatic heterocycles. The van der Waals surface area contributed by atoms with Gasteiger partial charge in [0.1, 0.15) is 15.9 Å². The summed E-state index contributed by atoms with van der Waals surface area (Å²) in [5.74, 6) is -1.61. The number of carboxylic acid groups (broad SMARTS) is 1. The normalized spacial score (nSPS) is 20.7. The largest absolute Gasteiger partial charge is 0.481 e. The van der Waals surface area contributed by atoms with Crippen LogP contribution in [0.15, 0.2) is 23.1 Å². The van der Waals surface area contributed by atoms with Crippen molar-refractivity contribution in [2.75, 3.05) is 13.1 Å². The summed E-state index contributed by atoms with van der Waals surface area (Å²) in [5, 5.41) is 9.09. The Hall–Kier alpha value is -1.58. The van der Waals surface area contributed by atoms with Crippen molar-refractivity contribution >= 4 is 38.8 Å². The van der Waals surface area contributed by atoms with Gasteiger partial charge in [-0.25, -0.2) is 8.42 Å². The highest BCUT2D eigenvalue weighted by Crippen LogP contribution is 2.28. The van der Waals surface area contributed by atoms with Crippen LogP contribution < -0.4 is 0 Å². The quantitative estimate of drug-likeness (QED) is 0.908. The van der Waals surface area contributed by atoms with Gasteiger partial charge in [-0.3, -0.25) is 4.79 Å². The lowest BCUT2D eigenvalue weighted by atomic mass is 10.0. The van der Waals surface area contributed by atoms with Crippen LogP contribution in [-0.2, 0) is 14.8 Å². The number of hydrogen-bond acceptors (Lipinski definition) is 6. The standard InChI is InChI=1S/C12H13N3O4S2/c16-12(17)8-3-2-6-15(7-8)21(18,19)10-5-1-4-9-11(10)14-20-13-9/h1,4-5,8H,2-3,6-7H2,(H,16,17)/t8-/m1/s1. The van der Waals surface area contributed by atoms with Crippen LogP contribution in [0, 0.1) is 5.92 Å². The molecule has 112 valence electrons. The molecule has 0 bridgehead atoms. The second-order valence-corrected chi connectivity index (χ2v) is 7.36. The number of carbonyl (C=O) groups is 1. The van der Waals surface area contributed by atoms with Gasteiger partial charge in [-0.1, -0.05) is 6.07 Å². The Morgan fingerprint density at radius 3 is 2.95 bits per heavy atom. The highest BCUT2D eigenvalue weighted by molar-refractivity contribution is 7.89. The van der Waals surface area contributed by atoms with E-state index in [0.717, 1.165) is 11.7 Å². The molecule has 3 rings (SSSR count). The van der Waals surface area contributed by atoms with Crippen molar-refractivity contribution in [1.82, 2.24) is 13.1 Å². The van der Waals surface area contributed by atoms with E-state index >= 15 is 0 Å². The number of piperidine rings is 1. The number of sulfonamides is 1. The van der Waals surface area contributed by atoms with E-state index < -0.39 is 21.9 Å². The third kappa shape index (κ3) is 2.52. The van der Waals surface area contributed by atoms with Gasteiger partial charge in [0.15, 0.2) is 0 Å². The Balaban J connectivity index is 2.00. The molecule has 0 saturated carbocycles. The van der Waals surface area contributed by atoms with Gasteiger partial charge < -0.3 is 5.11 Å². The molecule has 0 aliphatic carbocycles. The average molecular weight is 327 g/mol. The maximum absolute atomic E-state index is 12.7. The lowest BCUT2D eigenvalue weighted by Crippen LogP contribution is -2.42. The fourth-order valence-corrected chi connectivity index (χ4v) is 4.77. The van der Waals surface area contributed by atoms with Crippen molar-refractivity contribution in [3.05, 3.63) is 18.2 Å². The third-order valence-corrected chi connectivity index (χ3v) is 6.04. The van der Waals surface area contributed by atoms with Gasteiger partial charge in [0.2, 0.25) is 10.0 Å². The van der Waals surface area contributed by atoms with Crippen LogP contribution in [0.2, 0.25) is 0 Å². The Morgan fingerprint density at radius 2 is 2.19 bits per heavy atom. The molecule has 1 aliphatic heterocycles.